The van der Waals surface area contributed by atoms with Crippen LogP contribution in [0.5, 0.6) is 5.75 Å². The third kappa shape index (κ3) is 6.97. The molecule has 0 bridgehead atoms. The van der Waals surface area contributed by atoms with Crippen molar-refractivity contribution in [3.05, 3.63) is 35.9 Å². The van der Waals surface area contributed by atoms with Crippen molar-refractivity contribution >= 4 is 18.0 Å². The molecule has 0 spiro atoms. The molecule has 0 fully saturated rings. The lowest BCUT2D eigenvalue weighted by atomic mass is 10.2. The highest BCUT2D eigenvalue weighted by Crippen LogP contribution is 2.13. The van der Waals surface area contributed by atoms with E-state index < -0.39 is 0 Å². The number of hydrogen-bond acceptors (Lipinski definition) is 5. The van der Waals surface area contributed by atoms with E-state index in [9.17, 15) is 9.59 Å². The Morgan fingerprint density at radius 3 is 2.74 bits per heavy atom. The topological polar surface area (TPSA) is 76.1 Å². The fourth-order valence-electron chi connectivity index (χ4n) is 1.93. The van der Waals surface area contributed by atoms with Crippen molar-refractivity contribution in [1.82, 2.24) is 4.90 Å². The van der Waals surface area contributed by atoms with Crippen LogP contribution in [-0.4, -0.2) is 55.3 Å². The largest absolute Gasteiger partial charge is 0.497 e. The molecular formula is C17H23NO5. The highest BCUT2D eigenvalue weighted by molar-refractivity contribution is 5.92. The number of benzene rings is 1. The quantitative estimate of drug-likeness (QED) is 0.551. The minimum absolute atomic E-state index is 0.104. The Kier molecular flexibility index (Phi) is 8.46. The van der Waals surface area contributed by atoms with E-state index in [0.29, 0.717) is 12.4 Å². The number of ether oxygens (including phenoxy) is 2. The van der Waals surface area contributed by atoms with Crippen LogP contribution < -0.4 is 4.74 Å². The first-order chi connectivity index (χ1) is 11.1. The summed E-state index contributed by atoms with van der Waals surface area (Å²) in [7, 11) is 1.58. The fraction of sp³-hybridized carbons (Fsp3) is 0.412. The third-order valence-corrected chi connectivity index (χ3v) is 3.08. The van der Waals surface area contributed by atoms with Gasteiger partial charge in [0.25, 0.3) is 0 Å². The predicted molar refractivity (Wildman–Crippen MR) is 86.9 cm³/mol. The second kappa shape index (κ2) is 10.4. The number of aliphatic hydroxyl groups excluding tert-OH is 1. The molecule has 0 aliphatic rings. The molecule has 23 heavy (non-hydrogen) atoms. The SMILES string of the molecule is CCOC(=O)CCN(CCO)C(=O)/C=C/c1cccc(OC)c1. The number of nitrogens with zero attached hydrogens (tertiary/aromatic N) is 1. The van der Waals surface area contributed by atoms with Gasteiger partial charge in [0.2, 0.25) is 5.91 Å². The Morgan fingerprint density at radius 2 is 2.09 bits per heavy atom. The molecule has 0 atom stereocenters. The zero-order valence-corrected chi connectivity index (χ0v) is 13.5. The average Bonchev–Trinajstić information content (AvgIpc) is 2.57. The molecule has 0 unspecified atom stereocenters. The van der Waals surface area contributed by atoms with E-state index in [1.807, 2.05) is 18.2 Å². The summed E-state index contributed by atoms with van der Waals surface area (Å²) in [5.74, 6) is 0.0697. The van der Waals surface area contributed by atoms with E-state index >= 15 is 0 Å². The van der Waals surface area contributed by atoms with Gasteiger partial charge in [-0.05, 0) is 30.7 Å². The maximum atomic E-state index is 12.2. The van der Waals surface area contributed by atoms with Crippen LogP contribution in [0.15, 0.2) is 30.3 Å². The van der Waals surface area contributed by atoms with Crippen molar-refractivity contribution in [1.29, 1.82) is 0 Å². The molecule has 0 heterocycles. The number of methoxy groups -OCH3 is 1. The molecule has 1 aromatic carbocycles. The first-order valence-corrected chi connectivity index (χ1v) is 7.48. The molecule has 6 nitrogen and oxygen atoms in total. The van der Waals surface area contributed by atoms with E-state index in [-0.39, 0.29) is 38.0 Å². The van der Waals surface area contributed by atoms with Crippen LogP contribution in [0.2, 0.25) is 0 Å². The molecule has 1 rings (SSSR count). The number of esters is 1. The zero-order valence-electron chi connectivity index (χ0n) is 13.5. The van der Waals surface area contributed by atoms with Crippen molar-refractivity contribution in [2.75, 3.05) is 33.4 Å². The number of rotatable bonds is 9. The summed E-state index contributed by atoms with van der Waals surface area (Å²) in [5.41, 5.74) is 0.826. The fourth-order valence-corrected chi connectivity index (χ4v) is 1.93. The maximum Gasteiger partial charge on any atom is 0.307 e. The normalized spacial score (nSPS) is 10.6. The van der Waals surface area contributed by atoms with Crippen LogP contribution in [0.1, 0.15) is 18.9 Å². The Balaban J connectivity index is 2.65. The average molecular weight is 321 g/mol. The summed E-state index contributed by atoms with van der Waals surface area (Å²) in [6.45, 7) is 2.25. The van der Waals surface area contributed by atoms with Gasteiger partial charge in [-0.25, -0.2) is 0 Å². The number of amides is 1. The molecule has 0 saturated carbocycles. The van der Waals surface area contributed by atoms with Gasteiger partial charge in [-0.1, -0.05) is 12.1 Å². The monoisotopic (exact) mass is 321 g/mol. The van der Waals surface area contributed by atoms with E-state index in [0.717, 1.165) is 5.56 Å². The molecule has 1 amide bonds. The Labute approximate surface area is 136 Å². The first-order valence-electron chi connectivity index (χ1n) is 7.48. The number of hydrogen-bond donors (Lipinski definition) is 1. The molecule has 126 valence electrons. The third-order valence-electron chi connectivity index (χ3n) is 3.08. The molecule has 1 N–H and O–H groups in total. The van der Waals surface area contributed by atoms with Crippen LogP contribution in [0.3, 0.4) is 0 Å². The molecule has 6 heteroatoms. The van der Waals surface area contributed by atoms with E-state index in [4.69, 9.17) is 14.6 Å². The lowest BCUT2D eigenvalue weighted by molar-refractivity contribution is -0.143. The summed E-state index contributed by atoms with van der Waals surface area (Å²) in [5, 5.41) is 9.06. The van der Waals surface area contributed by atoms with Crippen molar-refractivity contribution in [2.45, 2.75) is 13.3 Å². The molecule has 0 aromatic heterocycles. The summed E-state index contributed by atoms with van der Waals surface area (Å²) in [4.78, 5) is 25.0. The highest BCUT2D eigenvalue weighted by atomic mass is 16.5. The van der Waals surface area contributed by atoms with Crippen LogP contribution in [0.25, 0.3) is 6.08 Å². The van der Waals surface area contributed by atoms with Gasteiger partial charge in [0.05, 0.1) is 26.7 Å². The summed E-state index contributed by atoms with van der Waals surface area (Å²) < 4.78 is 9.96. The van der Waals surface area contributed by atoms with Gasteiger partial charge >= 0.3 is 5.97 Å². The summed E-state index contributed by atoms with van der Waals surface area (Å²) in [6, 6.07) is 7.30. The maximum absolute atomic E-state index is 12.2. The number of carbonyl (C=O) groups excluding carboxylic acids is 2. The van der Waals surface area contributed by atoms with Crippen LogP contribution in [-0.2, 0) is 14.3 Å². The molecule has 0 aliphatic heterocycles. The Morgan fingerprint density at radius 1 is 1.30 bits per heavy atom. The zero-order chi connectivity index (χ0) is 17.1. The smallest absolute Gasteiger partial charge is 0.307 e. The second-order valence-corrected chi connectivity index (χ2v) is 4.71. The van der Waals surface area contributed by atoms with Crippen LogP contribution >= 0.6 is 0 Å². The van der Waals surface area contributed by atoms with Gasteiger partial charge < -0.3 is 19.5 Å². The van der Waals surface area contributed by atoms with Crippen molar-refractivity contribution < 1.29 is 24.2 Å². The summed E-state index contributed by atoms with van der Waals surface area (Å²) in [6.07, 6.45) is 3.18. The van der Waals surface area contributed by atoms with Crippen molar-refractivity contribution in [2.24, 2.45) is 0 Å². The van der Waals surface area contributed by atoms with E-state index in [2.05, 4.69) is 0 Å². The Hall–Kier alpha value is -2.34. The van der Waals surface area contributed by atoms with E-state index in [1.165, 1.54) is 11.0 Å². The molecular weight excluding hydrogens is 298 g/mol. The lowest BCUT2D eigenvalue weighted by Crippen LogP contribution is -2.34. The molecule has 0 aliphatic carbocycles. The van der Waals surface area contributed by atoms with Crippen LogP contribution in [0.4, 0.5) is 0 Å². The van der Waals surface area contributed by atoms with Crippen LogP contribution in [0, 0.1) is 0 Å². The minimum atomic E-state index is -0.361. The molecule has 0 radical (unpaired) electrons. The van der Waals surface area contributed by atoms with Gasteiger partial charge in [0, 0.05) is 19.2 Å². The first kappa shape index (κ1) is 18.7. The Bertz CT molecular complexity index is 542. The molecule has 0 saturated heterocycles. The predicted octanol–water partition coefficient (Wildman–Crippen LogP) is 1.48. The van der Waals surface area contributed by atoms with Crippen molar-refractivity contribution in [3.8, 4) is 5.75 Å². The minimum Gasteiger partial charge on any atom is -0.497 e. The van der Waals surface area contributed by atoms with Crippen molar-refractivity contribution in [3.63, 3.8) is 0 Å². The molecule has 1 aromatic rings. The highest BCUT2D eigenvalue weighted by Gasteiger charge is 2.12. The van der Waals surface area contributed by atoms with Gasteiger partial charge in [-0.3, -0.25) is 9.59 Å². The van der Waals surface area contributed by atoms with Gasteiger partial charge in [0.15, 0.2) is 0 Å². The number of carbonyl (C=O) groups is 2. The van der Waals surface area contributed by atoms with Gasteiger partial charge in [-0.2, -0.15) is 0 Å². The van der Waals surface area contributed by atoms with Gasteiger partial charge in [0.1, 0.15) is 5.75 Å². The van der Waals surface area contributed by atoms with Gasteiger partial charge in [-0.15, -0.1) is 0 Å². The lowest BCUT2D eigenvalue weighted by Gasteiger charge is -2.19. The standard InChI is InChI=1S/C17H23NO5/c1-3-23-17(21)9-10-18(11-12-19)16(20)8-7-14-5-4-6-15(13-14)22-2/h4-8,13,19H,3,9-12H2,1-2H3/b8-7+. The van der Waals surface area contributed by atoms with E-state index in [1.54, 1.807) is 26.2 Å². The number of aliphatic hydroxyl groups is 1. The second-order valence-electron chi connectivity index (χ2n) is 4.71. The summed E-state index contributed by atoms with van der Waals surface area (Å²) >= 11 is 0.